The van der Waals surface area contributed by atoms with E-state index in [1.807, 2.05) is 147 Å². The summed E-state index contributed by atoms with van der Waals surface area (Å²) in [6.07, 6.45) is 8.99. The number of hydrogen-bond acceptors (Lipinski definition) is 13. The molecular formula is C92H84F5Ir2N7O7S-4. The summed E-state index contributed by atoms with van der Waals surface area (Å²) < 4.78 is 95.9. The SMILES string of the molecule is C.CC(C)c1c[c-]c(-c2ccccn2)cc1.CC(C)c1c[c-]c(-c2ccccn2)cc1.CC(C)c1c[c-]c(-c2ccccn2)cc1.CO.CO.Cc1ccc2c(n1)oc1c(-c3ccc(-c4ccc(F)cc4)cn3)[c-]ccc12.Cc1ccc2c(n1)oc1c(-c3ccc(-c4ccc(F)cc4)cn3)cccc12.O=S(=O)(O)C(F)(F)F.[Ir].[Ir]. The van der Waals surface area contributed by atoms with Crippen LogP contribution in [0, 0.1) is 49.7 Å². The van der Waals surface area contributed by atoms with Gasteiger partial charge in [0.25, 0.3) is 0 Å². The predicted octanol–water partition coefficient (Wildman–Crippen LogP) is 23.4. The number of pyridine rings is 7. The van der Waals surface area contributed by atoms with Gasteiger partial charge in [0.1, 0.15) is 17.2 Å². The van der Waals surface area contributed by atoms with Gasteiger partial charge in [-0.25, -0.2) is 18.7 Å². The molecule has 0 unspecified atom stereocenters. The molecular weight excluding hydrogens is 1830 g/mol. The van der Waals surface area contributed by atoms with Crippen LogP contribution in [0.1, 0.15) is 94.8 Å². The Labute approximate surface area is 688 Å². The number of para-hydroxylation sites is 1. The molecule has 0 amide bonds. The number of rotatable bonds is 10. The summed E-state index contributed by atoms with van der Waals surface area (Å²) in [5.41, 5.74) is 16.1. The molecule has 14 nitrogen and oxygen atoms in total. The van der Waals surface area contributed by atoms with E-state index in [-0.39, 0.29) is 59.3 Å². The van der Waals surface area contributed by atoms with Crippen LogP contribution in [0.3, 0.4) is 0 Å². The number of aromatic nitrogens is 7. The van der Waals surface area contributed by atoms with Crippen molar-refractivity contribution >= 4 is 54.3 Å². The molecule has 592 valence electrons. The minimum Gasteiger partial charge on any atom is -0.486 e. The molecule has 3 N–H and O–H groups in total. The number of halogens is 5. The zero-order chi connectivity index (χ0) is 79.8. The quantitative estimate of drug-likeness (QED) is 0.0503. The smallest absolute Gasteiger partial charge is 0.486 e. The maximum absolute atomic E-state index is 13.1. The molecule has 0 spiro atoms. The van der Waals surface area contributed by atoms with Crippen molar-refractivity contribution in [3.63, 3.8) is 0 Å². The van der Waals surface area contributed by atoms with E-state index in [4.69, 9.17) is 32.0 Å². The molecule has 16 rings (SSSR count). The van der Waals surface area contributed by atoms with Crippen molar-refractivity contribution in [1.29, 1.82) is 0 Å². The summed E-state index contributed by atoms with van der Waals surface area (Å²) in [7, 11) is -3.84. The van der Waals surface area contributed by atoms with E-state index in [1.54, 1.807) is 55.2 Å². The summed E-state index contributed by atoms with van der Waals surface area (Å²) in [4.78, 5) is 31.0. The molecule has 0 aliphatic heterocycles. The Bertz CT molecular complexity index is 5290. The van der Waals surface area contributed by atoms with Crippen molar-refractivity contribution in [1.82, 2.24) is 34.9 Å². The molecule has 114 heavy (non-hydrogen) atoms. The molecule has 0 atom stereocenters. The number of aliphatic hydroxyl groups is 2. The van der Waals surface area contributed by atoms with Crippen molar-refractivity contribution in [2.24, 2.45) is 0 Å². The Morgan fingerprint density at radius 1 is 0.395 bits per heavy atom. The van der Waals surface area contributed by atoms with Crippen LogP contribution in [0.15, 0.2) is 276 Å². The molecule has 16 aromatic rings. The largest absolute Gasteiger partial charge is 0.522 e. The number of alkyl halides is 3. The Morgan fingerprint density at radius 3 is 1.10 bits per heavy atom. The summed E-state index contributed by atoms with van der Waals surface area (Å²) in [5, 5.41) is 18.0. The van der Waals surface area contributed by atoms with Gasteiger partial charge in [0, 0.05) is 124 Å². The van der Waals surface area contributed by atoms with E-state index < -0.39 is 15.6 Å². The predicted molar refractivity (Wildman–Crippen MR) is 437 cm³/mol. The fraction of sp³-hybridized carbons (Fsp3) is 0.163. The van der Waals surface area contributed by atoms with Crippen LogP contribution in [0.5, 0.6) is 0 Å². The normalized spacial score (nSPS) is 10.6. The fourth-order valence-corrected chi connectivity index (χ4v) is 11.0. The third kappa shape index (κ3) is 24.7. The molecule has 9 aromatic heterocycles. The van der Waals surface area contributed by atoms with Gasteiger partial charge in [0.2, 0.25) is 11.4 Å². The van der Waals surface area contributed by atoms with E-state index in [2.05, 4.69) is 155 Å². The zero-order valence-corrected chi connectivity index (χ0v) is 68.8. The molecule has 0 fully saturated rings. The van der Waals surface area contributed by atoms with E-state index in [0.29, 0.717) is 29.2 Å². The third-order valence-electron chi connectivity index (χ3n) is 17.0. The van der Waals surface area contributed by atoms with Gasteiger partial charge in [-0.15, -0.1) is 124 Å². The van der Waals surface area contributed by atoms with Crippen LogP contribution in [0.2, 0.25) is 0 Å². The minimum atomic E-state index is -5.84. The van der Waals surface area contributed by atoms with Gasteiger partial charge in [-0.2, -0.15) is 21.6 Å². The number of aliphatic hydroxyl groups excluding tert-OH is 2. The van der Waals surface area contributed by atoms with Crippen molar-refractivity contribution in [2.75, 3.05) is 14.2 Å². The number of fused-ring (bicyclic) bond motifs is 6. The topological polar surface area (TPSA) is 211 Å². The number of furan rings is 2. The number of aryl methyl sites for hydroxylation is 2. The molecule has 9 heterocycles. The Hall–Kier alpha value is -11.0. The summed E-state index contributed by atoms with van der Waals surface area (Å²) in [5.74, 6) is 1.17. The maximum Gasteiger partial charge on any atom is 0.522 e. The van der Waals surface area contributed by atoms with Crippen LogP contribution in [0.4, 0.5) is 22.0 Å². The van der Waals surface area contributed by atoms with Crippen molar-refractivity contribution in [2.45, 2.75) is 86.1 Å². The van der Waals surface area contributed by atoms with Gasteiger partial charge in [-0.3, -0.25) is 9.54 Å². The minimum absolute atomic E-state index is 0. The number of hydrogen-bond donors (Lipinski definition) is 3. The fourth-order valence-electron chi connectivity index (χ4n) is 11.0. The van der Waals surface area contributed by atoms with Crippen LogP contribution in [-0.2, 0) is 50.3 Å². The van der Waals surface area contributed by atoms with Crippen LogP contribution >= 0.6 is 0 Å². The molecule has 0 aliphatic rings. The summed E-state index contributed by atoms with van der Waals surface area (Å²) in [6.45, 7) is 17.0. The Morgan fingerprint density at radius 2 is 0.763 bits per heavy atom. The number of nitrogens with zero attached hydrogens (tertiary/aromatic N) is 7. The molecule has 0 bridgehead atoms. The monoisotopic (exact) mass is 1910 g/mol. The van der Waals surface area contributed by atoms with Gasteiger partial charge < -0.3 is 39.0 Å². The van der Waals surface area contributed by atoms with Gasteiger partial charge in [-0.05, 0) is 132 Å². The van der Waals surface area contributed by atoms with Gasteiger partial charge in [0.15, 0.2) is 0 Å². The molecule has 0 aliphatic carbocycles. The van der Waals surface area contributed by atoms with E-state index in [0.717, 1.165) is 137 Å². The van der Waals surface area contributed by atoms with Crippen molar-refractivity contribution in [3.05, 3.63) is 332 Å². The van der Waals surface area contributed by atoms with Crippen LogP contribution < -0.4 is 0 Å². The Kier molecular flexibility index (Phi) is 35.3. The Balaban J connectivity index is 0.000000218. The van der Waals surface area contributed by atoms with E-state index in [1.165, 1.54) is 41.0 Å². The number of benzene rings is 7. The first-order chi connectivity index (χ1) is 53.4. The second-order valence-electron chi connectivity index (χ2n) is 25.6. The molecule has 0 saturated heterocycles. The first kappa shape index (κ1) is 91.8. The molecule has 2 radical (unpaired) electrons. The van der Waals surface area contributed by atoms with Crippen molar-refractivity contribution < 1.29 is 94.2 Å². The zero-order valence-electron chi connectivity index (χ0n) is 63.2. The summed E-state index contributed by atoms with van der Waals surface area (Å²) >= 11 is 0. The first-order valence-electron chi connectivity index (χ1n) is 35.1. The second kappa shape index (κ2) is 43.9. The van der Waals surface area contributed by atoms with Gasteiger partial charge in [0.05, 0.1) is 11.3 Å². The standard InChI is InChI=1S/C23H15FN2O.C23H14FN2O.3C14H14N.CHF3O3S.2CH4O.CH4.2Ir/c2*1-14-5-11-19-18-3-2-4-20(22(18)27-23(19)26-14)21-12-8-16(13-25-21)15-6-9-17(24)10-7-15;3*1-11(2)12-6-8-13(9-7-12)14-5-3-4-10-15-14;2-1(3,4)8(5,6)7;2*1-2;;;/h2-13H,1H3;2-3,5-13H,1H3;3*3-8,10-11H,1-2H3;(H,5,6,7);2*2H,1H3;1H4;;/q;4*-1;;;;;;. The summed E-state index contributed by atoms with van der Waals surface area (Å²) in [6, 6.07) is 88.2. The third-order valence-corrected chi connectivity index (χ3v) is 17.6. The second-order valence-corrected chi connectivity index (χ2v) is 27.0. The first-order valence-corrected chi connectivity index (χ1v) is 36.5. The molecule has 22 heteroatoms. The van der Waals surface area contributed by atoms with E-state index >= 15 is 0 Å². The molecule has 7 aromatic carbocycles. The average molecular weight is 1910 g/mol. The van der Waals surface area contributed by atoms with E-state index in [9.17, 15) is 22.0 Å². The van der Waals surface area contributed by atoms with Crippen LogP contribution in [0.25, 0.3) is 123 Å². The van der Waals surface area contributed by atoms with Crippen LogP contribution in [-0.4, -0.2) is 77.8 Å². The van der Waals surface area contributed by atoms with Crippen molar-refractivity contribution in [3.8, 4) is 78.5 Å². The maximum atomic E-state index is 13.1. The van der Waals surface area contributed by atoms with Gasteiger partial charge in [-0.1, -0.05) is 169 Å². The average Bonchev–Trinajstić information content (AvgIpc) is 1.62. The molecule has 0 saturated carbocycles. The van der Waals surface area contributed by atoms with Gasteiger partial charge >= 0.3 is 15.6 Å².